The van der Waals surface area contributed by atoms with Gasteiger partial charge >= 0.3 is 0 Å². The summed E-state index contributed by atoms with van der Waals surface area (Å²) < 4.78 is 27.3. The van der Waals surface area contributed by atoms with Crippen molar-refractivity contribution in [1.29, 1.82) is 0 Å². The molecule has 0 spiro atoms. The van der Waals surface area contributed by atoms with E-state index in [1.54, 1.807) is 28.9 Å². The van der Waals surface area contributed by atoms with E-state index >= 15 is 0 Å². The van der Waals surface area contributed by atoms with Gasteiger partial charge in [0.15, 0.2) is 14.1 Å². The summed E-state index contributed by atoms with van der Waals surface area (Å²) in [5.41, 5.74) is 1.91. The Balaban J connectivity index is 1.67. The first-order chi connectivity index (χ1) is 13.3. The van der Waals surface area contributed by atoms with Crippen LogP contribution in [0.5, 0.6) is 0 Å². The van der Waals surface area contributed by atoms with Crippen molar-refractivity contribution in [1.82, 2.24) is 9.78 Å². The van der Waals surface area contributed by atoms with E-state index in [1.807, 2.05) is 30.3 Å². The molecule has 6 nitrogen and oxygen atoms in total. The zero-order valence-electron chi connectivity index (χ0n) is 15.1. The van der Waals surface area contributed by atoms with Crippen LogP contribution < -0.4 is 4.31 Å². The van der Waals surface area contributed by atoms with Gasteiger partial charge in [0, 0.05) is 12.6 Å². The molecule has 0 N–H and O–H groups in total. The summed E-state index contributed by atoms with van der Waals surface area (Å²) in [6.07, 6.45) is 1.13. The summed E-state index contributed by atoms with van der Waals surface area (Å²) in [5.74, 6) is 0.157. The predicted molar refractivity (Wildman–Crippen MR) is 117 cm³/mol. The summed E-state index contributed by atoms with van der Waals surface area (Å²) in [7, 11) is -1.86. The molecule has 0 aliphatic carbocycles. The number of hydrogen-bond donors (Lipinski definition) is 0. The van der Waals surface area contributed by atoms with Crippen molar-refractivity contribution in [2.75, 3.05) is 23.4 Å². The highest BCUT2D eigenvalue weighted by Crippen LogP contribution is 2.25. The molecule has 0 amide bonds. The van der Waals surface area contributed by atoms with Gasteiger partial charge in [-0.2, -0.15) is 0 Å². The van der Waals surface area contributed by atoms with E-state index in [2.05, 4.69) is 5.10 Å². The number of hydrogen-bond acceptors (Lipinski definition) is 7. The van der Waals surface area contributed by atoms with Crippen molar-refractivity contribution >= 4 is 56.8 Å². The molecule has 0 unspecified atom stereocenters. The minimum Gasteiger partial charge on any atom is -0.293 e. The van der Waals surface area contributed by atoms with E-state index in [4.69, 9.17) is 12.2 Å². The molecule has 0 fully saturated rings. The number of Topliss-reactive ketones (excluding diaryl/α,β-unsaturated/α-hetero) is 1. The Bertz CT molecular complexity index is 1140. The van der Waals surface area contributed by atoms with Crippen LogP contribution in [-0.2, 0) is 10.0 Å². The highest BCUT2D eigenvalue weighted by Gasteiger charge is 2.14. The van der Waals surface area contributed by atoms with Crippen molar-refractivity contribution in [2.24, 2.45) is 0 Å². The number of nitrogens with zero attached hydrogens (tertiary/aromatic N) is 3. The van der Waals surface area contributed by atoms with Crippen LogP contribution in [0.1, 0.15) is 10.4 Å². The molecular weight excluding hydrogens is 434 g/mol. The minimum atomic E-state index is -3.33. The van der Waals surface area contributed by atoms with Crippen LogP contribution in [0.4, 0.5) is 5.69 Å². The molecule has 0 aliphatic rings. The van der Waals surface area contributed by atoms with E-state index in [1.165, 1.54) is 34.5 Å². The van der Waals surface area contributed by atoms with Crippen LogP contribution in [0.15, 0.2) is 58.9 Å². The van der Waals surface area contributed by atoms with E-state index in [0.29, 0.717) is 15.2 Å². The van der Waals surface area contributed by atoms with E-state index in [-0.39, 0.29) is 11.5 Å². The SMILES string of the molecule is CN(c1ccc(C(=O)CSc2nn(-c3ccccc3)c(=S)s2)cc1)S(C)(=O)=O. The van der Waals surface area contributed by atoms with Crippen molar-refractivity contribution < 1.29 is 13.2 Å². The average molecular weight is 452 g/mol. The quantitative estimate of drug-likeness (QED) is 0.307. The number of carbonyl (C=O) groups is 1. The smallest absolute Gasteiger partial charge is 0.231 e. The molecule has 3 aromatic rings. The van der Waals surface area contributed by atoms with Crippen molar-refractivity contribution in [3.05, 3.63) is 64.1 Å². The molecule has 1 aromatic heterocycles. The first-order valence-corrected chi connectivity index (χ1v) is 12.2. The largest absolute Gasteiger partial charge is 0.293 e. The predicted octanol–water partition coefficient (Wildman–Crippen LogP) is 4.03. The number of thioether (sulfide) groups is 1. The van der Waals surface area contributed by atoms with E-state index in [0.717, 1.165) is 16.3 Å². The maximum absolute atomic E-state index is 12.4. The maximum atomic E-state index is 12.4. The van der Waals surface area contributed by atoms with Gasteiger partial charge in [-0.25, -0.2) is 13.1 Å². The maximum Gasteiger partial charge on any atom is 0.231 e. The molecule has 2 aromatic carbocycles. The zero-order chi connectivity index (χ0) is 20.3. The molecule has 0 radical (unpaired) electrons. The molecule has 0 saturated carbocycles. The van der Waals surface area contributed by atoms with Crippen molar-refractivity contribution in [2.45, 2.75) is 4.34 Å². The Morgan fingerprint density at radius 1 is 1.18 bits per heavy atom. The normalized spacial score (nSPS) is 11.4. The van der Waals surface area contributed by atoms with Gasteiger partial charge in [-0.3, -0.25) is 9.10 Å². The molecule has 0 atom stereocenters. The van der Waals surface area contributed by atoms with Crippen LogP contribution in [0.25, 0.3) is 5.69 Å². The molecule has 146 valence electrons. The fraction of sp³-hybridized carbons (Fsp3) is 0.167. The number of carbonyl (C=O) groups excluding carboxylic acids is 1. The molecular formula is C18H17N3O3S4. The second-order valence-electron chi connectivity index (χ2n) is 5.87. The van der Waals surface area contributed by atoms with Crippen LogP contribution in [0.3, 0.4) is 0 Å². The minimum absolute atomic E-state index is 0.0639. The summed E-state index contributed by atoms with van der Waals surface area (Å²) >= 11 is 8.06. The topological polar surface area (TPSA) is 72.3 Å². The summed E-state index contributed by atoms with van der Waals surface area (Å²) in [4.78, 5) is 12.4. The van der Waals surface area contributed by atoms with Gasteiger partial charge in [-0.1, -0.05) is 41.3 Å². The third-order valence-electron chi connectivity index (χ3n) is 3.91. The highest BCUT2D eigenvalue weighted by atomic mass is 32.2. The Hall–Kier alpha value is -2.01. The summed E-state index contributed by atoms with van der Waals surface area (Å²) in [6, 6.07) is 16.1. The molecule has 3 rings (SSSR count). The second-order valence-corrected chi connectivity index (χ2v) is 10.7. The summed E-state index contributed by atoms with van der Waals surface area (Å²) in [5, 5.41) is 4.48. The fourth-order valence-electron chi connectivity index (χ4n) is 2.31. The van der Waals surface area contributed by atoms with Crippen LogP contribution >= 0.6 is 35.3 Å². The third-order valence-corrected chi connectivity index (χ3v) is 7.48. The fourth-order valence-corrected chi connectivity index (χ4v) is 5.07. The standard InChI is InChI=1S/C18H17N3O3S4/c1-20(28(2,23)24)14-10-8-13(9-11-14)16(22)12-26-17-19-21(18(25)27-17)15-6-4-3-5-7-15/h3-11H,12H2,1-2H3. The lowest BCUT2D eigenvalue weighted by Gasteiger charge is -2.16. The number of sulfonamides is 1. The highest BCUT2D eigenvalue weighted by molar-refractivity contribution is 8.01. The van der Waals surface area contributed by atoms with Crippen molar-refractivity contribution in [3.63, 3.8) is 0 Å². The van der Waals surface area contributed by atoms with Gasteiger partial charge < -0.3 is 0 Å². The molecule has 28 heavy (non-hydrogen) atoms. The van der Waals surface area contributed by atoms with Gasteiger partial charge in [0.05, 0.1) is 23.4 Å². The van der Waals surface area contributed by atoms with Gasteiger partial charge in [-0.05, 0) is 48.6 Å². The van der Waals surface area contributed by atoms with Crippen LogP contribution in [0, 0.1) is 3.95 Å². The third kappa shape index (κ3) is 4.88. The number of ketones is 1. The Morgan fingerprint density at radius 3 is 2.43 bits per heavy atom. The molecule has 10 heteroatoms. The monoisotopic (exact) mass is 451 g/mol. The molecule has 1 heterocycles. The molecule has 0 saturated heterocycles. The molecule has 0 aliphatic heterocycles. The zero-order valence-corrected chi connectivity index (χ0v) is 18.4. The Morgan fingerprint density at radius 2 is 1.82 bits per heavy atom. The first-order valence-electron chi connectivity index (χ1n) is 8.11. The van der Waals surface area contributed by atoms with Gasteiger partial charge in [0.25, 0.3) is 0 Å². The number of aromatic nitrogens is 2. The average Bonchev–Trinajstić information content (AvgIpc) is 3.06. The van der Waals surface area contributed by atoms with Crippen LogP contribution in [-0.4, -0.2) is 43.0 Å². The Labute approximate surface area is 176 Å². The van der Waals surface area contributed by atoms with Gasteiger partial charge in [-0.15, -0.1) is 5.10 Å². The second kappa shape index (κ2) is 8.56. The first kappa shape index (κ1) is 20.7. The van der Waals surface area contributed by atoms with Crippen LogP contribution in [0.2, 0.25) is 0 Å². The number of benzene rings is 2. The van der Waals surface area contributed by atoms with E-state index < -0.39 is 10.0 Å². The lowest BCUT2D eigenvalue weighted by atomic mass is 10.1. The number of anilines is 1. The van der Waals surface area contributed by atoms with Gasteiger partial charge in [0.2, 0.25) is 10.0 Å². The Kier molecular flexibility index (Phi) is 6.33. The number of para-hydroxylation sites is 1. The summed E-state index contributed by atoms with van der Waals surface area (Å²) in [6.45, 7) is 0. The lowest BCUT2D eigenvalue weighted by Crippen LogP contribution is -2.24. The lowest BCUT2D eigenvalue weighted by molar-refractivity contribution is 0.102. The number of rotatable bonds is 7. The molecule has 0 bridgehead atoms. The van der Waals surface area contributed by atoms with E-state index in [9.17, 15) is 13.2 Å². The van der Waals surface area contributed by atoms with Crippen molar-refractivity contribution in [3.8, 4) is 5.69 Å². The van der Waals surface area contributed by atoms with Gasteiger partial charge in [0.1, 0.15) is 0 Å².